The number of carbonyl (C=O) groups excluding carboxylic acids is 1. The van der Waals surface area contributed by atoms with Crippen molar-refractivity contribution in [3.05, 3.63) is 21.7 Å². The van der Waals surface area contributed by atoms with Gasteiger partial charge in [0.2, 0.25) is 0 Å². The highest BCUT2D eigenvalue weighted by Gasteiger charge is 2.27. The minimum absolute atomic E-state index is 0.00359. The Morgan fingerprint density at radius 1 is 1.39 bits per heavy atom. The number of ether oxygens (including phenoxy) is 2. The molecule has 0 spiro atoms. The second kappa shape index (κ2) is 5.83. The first-order chi connectivity index (χ1) is 8.47. The number of aliphatic carboxylic acids is 1. The van der Waals surface area contributed by atoms with Crippen molar-refractivity contribution in [2.24, 2.45) is 0 Å². The molecule has 2 N–H and O–H groups in total. The van der Waals surface area contributed by atoms with Gasteiger partial charge in [-0.2, -0.15) is 0 Å². The summed E-state index contributed by atoms with van der Waals surface area (Å²) in [5.41, 5.74) is 0.176. The molecule has 0 heterocycles. The molecule has 0 fully saturated rings. The Labute approximate surface area is 111 Å². The molecule has 6 nitrogen and oxygen atoms in total. The normalized spacial score (nSPS) is 11.8. The number of aliphatic hydroxyl groups excluding tert-OH is 1. The van der Waals surface area contributed by atoms with E-state index in [9.17, 15) is 14.7 Å². The maximum atomic E-state index is 10.9. The Hall–Kier alpha value is -1.60. The van der Waals surface area contributed by atoms with Crippen LogP contribution in [0.5, 0.6) is 11.5 Å². The average Bonchev–Trinajstić information content (AvgIpc) is 2.36. The van der Waals surface area contributed by atoms with Gasteiger partial charge in [-0.3, -0.25) is 4.79 Å². The summed E-state index contributed by atoms with van der Waals surface area (Å²) in [4.78, 5) is 21.7. The zero-order valence-corrected chi connectivity index (χ0v) is 11.2. The second-order valence-electron chi connectivity index (χ2n) is 3.29. The molecule has 1 rings (SSSR count). The minimum atomic E-state index is -1.79. The molecule has 0 aliphatic heterocycles. The Morgan fingerprint density at radius 2 is 1.94 bits per heavy atom. The molecule has 1 unspecified atom stereocenters. The standard InChI is InChI=1S/C11H11BrO6/c1-17-9-5(4-13)3-6(12)7(10(9)18-2)8(14)11(15)16/h3-4,8,14H,1-2H3,(H,15,16). The summed E-state index contributed by atoms with van der Waals surface area (Å²) in [6.45, 7) is 0. The number of carboxylic acids is 1. The van der Waals surface area contributed by atoms with E-state index in [4.69, 9.17) is 14.6 Å². The summed E-state index contributed by atoms with van der Waals surface area (Å²) in [6, 6.07) is 1.36. The van der Waals surface area contributed by atoms with Gasteiger partial charge in [0.15, 0.2) is 23.9 Å². The van der Waals surface area contributed by atoms with Gasteiger partial charge in [0, 0.05) is 4.47 Å². The number of carboxylic acid groups (broad SMARTS) is 1. The van der Waals surface area contributed by atoms with E-state index < -0.39 is 12.1 Å². The van der Waals surface area contributed by atoms with Crippen LogP contribution in [0.25, 0.3) is 0 Å². The zero-order chi connectivity index (χ0) is 13.9. The number of rotatable bonds is 5. The summed E-state index contributed by atoms with van der Waals surface area (Å²) in [5, 5.41) is 18.5. The van der Waals surface area contributed by atoms with Crippen LogP contribution in [-0.2, 0) is 4.79 Å². The Kier molecular flexibility index (Phi) is 4.69. The zero-order valence-electron chi connectivity index (χ0n) is 9.64. The predicted octanol–water partition coefficient (Wildman–Crippen LogP) is 1.40. The lowest BCUT2D eigenvalue weighted by Gasteiger charge is -2.17. The third kappa shape index (κ3) is 2.46. The molecule has 7 heteroatoms. The first-order valence-corrected chi connectivity index (χ1v) is 5.57. The molecule has 0 aliphatic rings. The number of hydrogen-bond acceptors (Lipinski definition) is 5. The molecule has 1 aromatic rings. The van der Waals surface area contributed by atoms with E-state index in [1.807, 2.05) is 0 Å². The van der Waals surface area contributed by atoms with Crippen LogP contribution in [0.2, 0.25) is 0 Å². The minimum Gasteiger partial charge on any atom is -0.492 e. The van der Waals surface area contributed by atoms with Gasteiger partial charge in [-0.05, 0) is 6.07 Å². The van der Waals surface area contributed by atoms with E-state index in [0.29, 0.717) is 6.29 Å². The number of methoxy groups -OCH3 is 2. The monoisotopic (exact) mass is 318 g/mol. The molecule has 0 amide bonds. The van der Waals surface area contributed by atoms with Crippen molar-refractivity contribution >= 4 is 28.2 Å². The lowest BCUT2D eigenvalue weighted by Crippen LogP contribution is -2.13. The molecule has 0 saturated heterocycles. The van der Waals surface area contributed by atoms with Crippen LogP contribution in [0.4, 0.5) is 0 Å². The summed E-state index contributed by atoms with van der Waals surface area (Å²) < 4.78 is 10.3. The molecule has 98 valence electrons. The molecule has 0 radical (unpaired) electrons. The van der Waals surface area contributed by atoms with E-state index >= 15 is 0 Å². The van der Waals surface area contributed by atoms with Crippen LogP contribution in [0.3, 0.4) is 0 Å². The molecule has 0 aliphatic carbocycles. The molecular formula is C11H11BrO6. The largest absolute Gasteiger partial charge is 0.492 e. The van der Waals surface area contributed by atoms with E-state index in [-0.39, 0.29) is 27.1 Å². The van der Waals surface area contributed by atoms with E-state index in [2.05, 4.69) is 15.9 Å². The van der Waals surface area contributed by atoms with Crippen molar-refractivity contribution in [3.8, 4) is 11.5 Å². The maximum absolute atomic E-state index is 10.9. The number of benzene rings is 1. The summed E-state index contributed by atoms with van der Waals surface area (Å²) >= 11 is 3.09. The quantitative estimate of drug-likeness (QED) is 0.797. The lowest BCUT2D eigenvalue weighted by atomic mass is 10.0. The summed E-state index contributed by atoms with van der Waals surface area (Å²) in [5.74, 6) is -1.36. The predicted molar refractivity (Wildman–Crippen MR) is 65.2 cm³/mol. The van der Waals surface area contributed by atoms with E-state index in [0.717, 1.165) is 0 Å². The van der Waals surface area contributed by atoms with Gasteiger partial charge in [-0.1, -0.05) is 15.9 Å². The third-order valence-corrected chi connectivity index (χ3v) is 2.95. The highest BCUT2D eigenvalue weighted by Crippen LogP contribution is 2.42. The highest BCUT2D eigenvalue weighted by molar-refractivity contribution is 9.10. The van der Waals surface area contributed by atoms with Crippen molar-refractivity contribution in [2.75, 3.05) is 14.2 Å². The van der Waals surface area contributed by atoms with Crippen LogP contribution >= 0.6 is 15.9 Å². The fraction of sp³-hybridized carbons (Fsp3) is 0.273. The van der Waals surface area contributed by atoms with Crippen molar-refractivity contribution in [1.29, 1.82) is 0 Å². The van der Waals surface area contributed by atoms with Gasteiger partial charge in [0.1, 0.15) is 0 Å². The van der Waals surface area contributed by atoms with Crippen LogP contribution in [0.1, 0.15) is 22.0 Å². The Bertz CT molecular complexity index is 485. The lowest BCUT2D eigenvalue weighted by molar-refractivity contribution is -0.147. The smallest absolute Gasteiger partial charge is 0.337 e. The van der Waals surface area contributed by atoms with Gasteiger partial charge in [-0.15, -0.1) is 0 Å². The van der Waals surface area contributed by atoms with Gasteiger partial charge in [0.25, 0.3) is 0 Å². The van der Waals surface area contributed by atoms with Crippen LogP contribution in [-0.4, -0.2) is 36.7 Å². The van der Waals surface area contributed by atoms with Gasteiger partial charge < -0.3 is 19.7 Å². The van der Waals surface area contributed by atoms with Gasteiger partial charge >= 0.3 is 5.97 Å². The summed E-state index contributed by atoms with van der Waals surface area (Å²) in [7, 11) is 2.60. The number of aliphatic hydroxyl groups is 1. The maximum Gasteiger partial charge on any atom is 0.337 e. The number of halogens is 1. The molecule has 1 atom stereocenters. The SMILES string of the molecule is COc1c(C=O)cc(Br)c(C(O)C(=O)O)c1OC. The van der Waals surface area contributed by atoms with Gasteiger partial charge in [0.05, 0.1) is 25.3 Å². The van der Waals surface area contributed by atoms with E-state index in [1.54, 1.807) is 0 Å². The van der Waals surface area contributed by atoms with Gasteiger partial charge in [-0.25, -0.2) is 4.79 Å². The highest BCUT2D eigenvalue weighted by atomic mass is 79.9. The molecule has 18 heavy (non-hydrogen) atoms. The van der Waals surface area contributed by atoms with Crippen molar-refractivity contribution in [1.82, 2.24) is 0 Å². The topological polar surface area (TPSA) is 93.1 Å². The molecule has 0 aromatic heterocycles. The number of carbonyl (C=O) groups is 2. The van der Waals surface area contributed by atoms with Crippen LogP contribution in [0.15, 0.2) is 10.5 Å². The Morgan fingerprint density at radius 3 is 2.33 bits per heavy atom. The fourth-order valence-corrected chi connectivity index (χ4v) is 2.16. The van der Waals surface area contributed by atoms with Crippen molar-refractivity contribution < 1.29 is 29.3 Å². The Balaban J connectivity index is 3.60. The summed E-state index contributed by atoms with van der Waals surface area (Å²) in [6.07, 6.45) is -1.24. The second-order valence-corrected chi connectivity index (χ2v) is 4.14. The van der Waals surface area contributed by atoms with Crippen LogP contribution in [0, 0.1) is 0 Å². The first kappa shape index (κ1) is 14.5. The fourth-order valence-electron chi connectivity index (χ4n) is 1.52. The molecule has 0 bridgehead atoms. The third-order valence-electron chi connectivity index (χ3n) is 2.30. The van der Waals surface area contributed by atoms with E-state index in [1.165, 1.54) is 20.3 Å². The van der Waals surface area contributed by atoms with Crippen LogP contribution < -0.4 is 9.47 Å². The molecule has 0 saturated carbocycles. The molecular weight excluding hydrogens is 308 g/mol. The first-order valence-electron chi connectivity index (χ1n) is 4.78. The number of hydrogen-bond donors (Lipinski definition) is 2. The average molecular weight is 319 g/mol. The number of aldehydes is 1. The van der Waals surface area contributed by atoms with Crippen molar-refractivity contribution in [2.45, 2.75) is 6.10 Å². The van der Waals surface area contributed by atoms with Crippen molar-refractivity contribution in [3.63, 3.8) is 0 Å². The molecule has 1 aromatic carbocycles.